The summed E-state index contributed by atoms with van der Waals surface area (Å²) in [6.45, 7) is 8.95. The van der Waals surface area contributed by atoms with Crippen LogP contribution < -0.4 is 5.32 Å². The first-order chi connectivity index (χ1) is 12.7. The van der Waals surface area contributed by atoms with E-state index in [2.05, 4.69) is 20.2 Å². The normalized spacial score (nSPS) is 15.6. The van der Waals surface area contributed by atoms with E-state index in [1.807, 2.05) is 0 Å². The summed E-state index contributed by atoms with van der Waals surface area (Å²) in [6.07, 6.45) is -2.06. The lowest BCUT2D eigenvalue weighted by Gasteiger charge is -2.21. The van der Waals surface area contributed by atoms with Gasteiger partial charge in [0.15, 0.2) is 5.65 Å². The Bertz CT molecular complexity index is 1090. The minimum atomic E-state index is -4.73. The smallest absolute Gasteiger partial charge is 0.360 e. The van der Waals surface area contributed by atoms with Gasteiger partial charge >= 0.3 is 6.18 Å². The summed E-state index contributed by atoms with van der Waals surface area (Å²) in [4.78, 5) is 7.68. The monoisotopic (exact) mass is 375 g/mol. The molecule has 1 aliphatic rings. The van der Waals surface area contributed by atoms with Gasteiger partial charge in [-0.05, 0) is 37.5 Å². The summed E-state index contributed by atoms with van der Waals surface area (Å²) < 4.78 is 53.9. The van der Waals surface area contributed by atoms with E-state index < -0.39 is 23.1 Å². The first-order valence-electron chi connectivity index (χ1n) is 8.12. The molecule has 1 N–H and O–H groups in total. The number of nitrogens with one attached hydrogen (secondary N) is 1. The number of nitrogens with zero attached hydrogens (tertiary/aromatic N) is 4. The Labute approximate surface area is 151 Å². The largest absolute Gasteiger partial charge is 0.419 e. The molecule has 0 aliphatic heterocycles. The summed E-state index contributed by atoms with van der Waals surface area (Å²) in [5.41, 5.74) is -0.166. The van der Waals surface area contributed by atoms with E-state index in [0.29, 0.717) is 41.3 Å². The van der Waals surface area contributed by atoms with Crippen molar-refractivity contribution in [3.8, 4) is 0 Å². The molecule has 1 fully saturated rings. The summed E-state index contributed by atoms with van der Waals surface area (Å²) in [5, 5.41) is 7.42. The van der Waals surface area contributed by atoms with Crippen LogP contribution in [0.5, 0.6) is 0 Å². The molecule has 0 bridgehead atoms. The maximum absolute atomic E-state index is 14.0. The molecule has 0 unspecified atom stereocenters. The molecule has 0 amide bonds. The highest BCUT2D eigenvalue weighted by Crippen LogP contribution is 2.49. The van der Waals surface area contributed by atoms with Crippen LogP contribution in [0.2, 0.25) is 0 Å². The molecule has 4 rings (SSSR count). The van der Waals surface area contributed by atoms with E-state index in [1.54, 1.807) is 13.0 Å². The van der Waals surface area contributed by atoms with E-state index in [-0.39, 0.29) is 0 Å². The Morgan fingerprint density at radius 2 is 2.00 bits per heavy atom. The molecule has 9 heteroatoms. The molecule has 0 saturated heterocycles. The summed E-state index contributed by atoms with van der Waals surface area (Å²) >= 11 is 0. The third kappa shape index (κ3) is 2.87. The molecular formula is C18H13F4N5. The van der Waals surface area contributed by atoms with Crippen molar-refractivity contribution in [2.24, 2.45) is 0 Å². The van der Waals surface area contributed by atoms with Crippen LogP contribution in [-0.4, -0.2) is 14.6 Å². The maximum atomic E-state index is 14.0. The van der Waals surface area contributed by atoms with Gasteiger partial charge in [-0.25, -0.2) is 18.7 Å². The van der Waals surface area contributed by atoms with E-state index in [0.717, 1.165) is 12.1 Å². The van der Waals surface area contributed by atoms with Gasteiger partial charge in [-0.1, -0.05) is 6.07 Å². The van der Waals surface area contributed by atoms with Crippen LogP contribution in [0.15, 0.2) is 30.5 Å². The summed E-state index contributed by atoms with van der Waals surface area (Å²) in [7, 11) is 0. The Morgan fingerprint density at radius 1 is 1.26 bits per heavy atom. The Kier molecular flexibility index (Phi) is 3.63. The van der Waals surface area contributed by atoms with Gasteiger partial charge in [-0.2, -0.15) is 18.3 Å². The van der Waals surface area contributed by atoms with Crippen molar-refractivity contribution in [1.82, 2.24) is 14.6 Å². The first-order valence-corrected chi connectivity index (χ1v) is 8.12. The molecular weight excluding hydrogens is 362 g/mol. The SMILES string of the molecule is [C-]#[N+]c1cnn2c(NC3(c4ccc(C(F)(F)F)c(F)c4)CC3)cc(C)nc12. The van der Waals surface area contributed by atoms with E-state index >= 15 is 0 Å². The second kappa shape index (κ2) is 5.67. The number of benzene rings is 1. The van der Waals surface area contributed by atoms with Crippen molar-refractivity contribution in [1.29, 1.82) is 0 Å². The summed E-state index contributed by atoms with van der Waals surface area (Å²) in [6, 6.07) is 4.73. The van der Waals surface area contributed by atoms with Crippen molar-refractivity contribution in [2.75, 3.05) is 5.32 Å². The van der Waals surface area contributed by atoms with Crippen LogP contribution in [0.3, 0.4) is 0 Å². The fraction of sp³-hybridized carbons (Fsp3) is 0.278. The first kappa shape index (κ1) is 17.3. The molecule has 27 heavy (non-hydrogen) atoms. The van der Waals surface area contributed by atoms with E-state index in [4.69, 9.17) is 6.57 Å². The average molecular weight is 375 g/mol. The highest BCUT2D eigenvalue weighted by atomic mass is 19.4. The molecule has 5 nitrogen and oxygen atoms in total. The highest BCUT2D eigenvalue weighted by molar-refractivity contribution is 5.70. The van der Waals surface area contributed by atoms with E-state index in [9.17, 15) is 17.6 Å². The molecule has 0 atom stereocenters. The molecule has 2 aromatic heterocycles. The van der Waals surface area contributed by atoms with Crippen LogP contribution in [-0.2, 0) is 11.7 Å². The number of rotatable bonds is 3. The molecule has 138 valence electrons. The highest BCUT2D eigenvalue weighted by Gasteiger charge is 2.46. The molecule has 0 radical (unpaired) electrons. The van der Waals surface area contributed by atoms with Gasteiger partial charge in [0.1, 0.15) is 11.6 Å². The number of aryl methyl sites for hydroxylation is 1. The lowest BCUT2D eigenvalue weighted by molar-refractivity contribution is -0.140. The predicted octanol–water partition coefficient (Wildman–Crippen LogP) is 4.85. The van der Waals surface area contributed by atoms with Gasteiger partial charge in [0.25, 0.3) is 0 Å². The molecule has 1 saturated carbocycles. The molecule has 2 heterocycles. The zero-order valence-electron chi connectivity index (χ0n) is 14.1. The molecule has 0 spiro atoms. The Morgan fingerprint density at radius 3 is 2.59 bits per heavy atom. The fourth-order valence-corrected chi connectivity index (χ4v) is 3.14. The number of alkyl halides is 3. The van der Waals surface area contributed by atoms with Crippen molar-refractivity contribution in [3.05, 3.63) is 64.5 Å². The van der Waals surface area contributed by atoms with Crippen molar-refractivity contribution in [2.45, 2.75) is 31.5 Å². The standard InChI is InChI=1S/C18H13F4N5/c1-10-7-15(27-16(25-10)14(23-2)9-24-27)26-17(5-6-17)11-3-4-12(13(19)8-11)18(20,21)22/h3-4,7-9,26H,5-6H2,1H3. The molecule has 1 aliphatic carbocycles. The fourth-order valence-electron chi connectivity index (χ4n) is 3.14. The Hall–Kier alpha value is -3.15. The number of hydrogen-bond donors (Lipinski definition) is 1. The lowest BCUT2D eigenvalue weighted by Crippen LogP contribution is -2.22. The zero-order valence-corrected chi connectivity index (χ0v) is 14.1. The Balaban J connectivity index is 1.73. The minimum absolute atomic E-state index is 0.298. The van der Waals surface area contributed by atoms with Crippen molar-refractivity contribution >= 4 is 17.2 Å². The average Bonchev–Trinajstić information content (AvgIpc) is 3.25. The van der Waals surface area contributed by atoms with Crippen LogP contribution in [0.1, 0.15) is 29.7 Å². The van der Waals surface area contributed by atoms with Crippen LogP contribution in [0.25, 0.3) is 10.5 Å². The number of aromatic nitrogens is 3. The number of hydrogen-bond acceptors (Lipinski definition) is 3. The quantitative estimate of drug-likeness (QED) is 0.526. The maximum Gasteiger partial charge on any atom is 0.419 e. The zero-order chi connectivity index (χ0) is 19.4. The van der Waals surface area contributed by atoms with E-state index in [1.165, 1.54) is 16.8 Å². The lowest BCUT2D eigenvalue weighted by atomic mass is 10.0. The predicted molar refractivity (Wildman–Crippen MR) is 89.9 cm³/mol. The van der Waals surface area contributed by atoms with Crippen LogP contribution >= 0.6 is 0 Å². The third-order valence-corrected chi connectivity index (χ3v) is 4.65. The second-order valence-electron chi connectivity index (χ2n) is 6.56. The van der Waals surface area contributed by atoms with Crippen LogP contribution in [0.4, 0.5) is 29.1 Å². The molecule has 3 aromatic rings. The number of fused-ring (bicyclic) bond motifs is 1. The van der Waals surface area contributed by atoms with Gasteiger partial charge in [-0.3, -0.25) is 0 Å². The van der Waals surface area contributed by atoms with Crippen molar-refractivity contribution < 1.29 is 17.6 Å². The third-order valence-electron chi connectivity index (χ3n) is 4.65. The molecule has 1 aromatic carbocycles. The van der Waals surface area contributed by atoms with Gasteiger partial charge in [0.05, 0.1) is 23.9 Å². The number of halogens is 4. The van der Waals surface area contributed by atoms with Gasteiger partial charge in [-0.15, -0.1) is 0 Å². The van der Waals surface area contributed by atoms with Crippen molar-refractivity contribution in [3.63, 3.8) is 0 Å². The van der Waals surface area contributed by atoms with Gasteiger partial charge < -0.3 is 5.32 Å². The van der Waals surface area contributed by atoms with Gasteiger partial charge in [0, 0.05) is 11.8 Å². The number of anilines is 1. The van der Waals surface area contributed by atoms with Gasteiger partial charge in [0.2, 0.25) is 5.69 Å². The summed E-state index contributed by atoms with van der Waals surface area (Å²) in [5.74, 6) is -0.747. The second-order valence-corrected chi connectivity index (χ2v) is 6.56. The van der Waals surface area contributed by atoms with Crippen LogP contribution in [0, 0.1) is 19.3 Å². The minimum Gasteiger partial charge on any atom is -0.360 e. The topological polar surface area (TPSA) is 46.6 Å².